The highest BCUT2D eigenvalue weighted by Crippen LogP contribution is 2.34. The molecule has 1 aliphatic carbocycles. The Bertz CT molecular complexity index is 871. The van der Waals surface area contributed by atoms with Gasteiger partial charge in [0.2, 0.25) is 0 Å². The molecule has 0 heterocycles. The van der Waals surface area contributed by atoms with E-state index in [1.165, 1.54) is 17.7 Å². The summed E-state index contributed by atoms with van der Waals surface area (Å²) in [4.78, 5) is 0. The van der Waals surface area contributed by atoms with E-state index in [1.54, 1.807) is 0 Å². The van der Waals surface area contributed by atoms with Crippen molar-refractivity contribution in [1.82, 2.24) is 0 Å². The standard InChI is InChI=1S/C25H25ClF2/c1-3-4-18-7-12-21(13-8-18)22-15-24(27)23(25(28)16-22)14-9-19-5-10-20(11-6-19)17(2)26/h7-8,12-13,15-16,19-20H,2-6,10-11H2,1H3. The lowest BCUT2D eigenvalue weighted by atomic mass is 9.82. The lowest BCUT2D eigenvalue weighted by Crippen LogP contribution is -2.13. The van der Waals surface area contributed by atoms with Crippen LogP contribution in [0.1, 0.15) is 50.2 Å². The van der Waals surface area contributed by atoms with Crippen molar-refractivity contribution in [3.05, 3.63) is 70.8 Å². The molecule has 0 bridgehead atoms. The molecule has 0 nitrogen and oxygen atoms in total. The maximum absolute atomic E-state index is 14.5. The van der Waals surface area contributed by atoms with E-state index in [4.69, 9.17) is 11.6 Å². The summed E-state index contributed by atoms with van der Waals surface area (Å²) in [6, 6.07) is 10.6. The van der Waals surface area contributed by atoms with E-state index in [0.717, 1.165) is 44.1 Å². The molecule has 3 heteroatoms. The Morgan fingerprint density at radius 3 is 2.18 bits per heavy atom. The van der Waals surface area contributed by atoms with Gasteiger partial charge in [0.05, 0.1) is 5.56 Å². The number of halogens is 3. The topological polar surface area (TPSA) is 0 Å². The van der Waals surface area contributed by atoms with Crippen LogP contribution in [0, 0.1) is 35.3 Å². The molecule has 1 aliphatic rings. The first-order chi connectivity index (χ1) is 13.5. The van der Waals surface area contributed by atoms with Crippen molar-refractivity contribution in [2.75, 3.05) is 0 Å². The van der Waals surface area contributed by atoms with Gasteiger partial charge in [-0.2, -0.15) is 0 Å². The average molecular weight is 399 g/mol. The van der Waals surface area contributed by atoms with E-state index in [2.05, 4.69) is 25.3 Å². The van der Waals surface area contributed by atoms with Crippen molar-refractivity contribution in [3.63, 3.8) is 0 Å². The summed E-state index contributed by atoms with van der Waals surface area (Å²) in [5, 5.41) is 0.696. The summed E-state index contributed by atoms with van der Waals surface area (Å²) in [5.74, 6) is 5.06. The largest absolute Gasteiger partial charge is 0.205 e. The zero-order valence-electron chi connectivity index (χ0n) is 16.2. The number of allylic oxidation sites excluding steroid dienone is 1. The molecule has 0 atom stereocenters. The number of aryl methyl sites for hydroxylation is 1. The Morgan fingerprint density at radius 2 is 1.64 bits per heavy atom. The molecule has 146 valence electrons. The third-order valence-electron chi connectivity index (χ3n) is 5.44. The van der Waals surface area contributed by atoms with Crippen LogP contribution in [-0.4, -0.2) is 0 Å². The van der Waals surface area contributed by atoms with Crippen LogP contribution in [-0.2, 0) is 6.42 Å². The van der Waals surface area contributed by atoms with Crippen LogP contribution in [0.2, 0.25) is 0 Å². The Labute approximate surface area is 171 Å². The molecular weight excluding hydrogens is 374 g/mol. The molecule has 0 N–H and O–H groups in total. The van der Waals surface area contributed by atoms with Gasteiger partial charge < -0.3 is 0 Å². The fourth-order valence-electron chi connectivity index (χ4n) is 3.74. The monoisotopic (exact) mass is 398 g/mol. The summed E-state index contributed by atoms with van der Waals surface area (Å²) in [7, 11) is 0. The zero-order valence-corrected chi connectivity index (χ0v) is 17.0. The molecule has 28 heavy (non-hydrogen) atoms. The minimum atomic E-state index is -0.608. The van der Waals surface area contributed by atoms with Crippen LogP contribution in [0.3, 0.4) is 0 Å². The highest BCUT2D eigenvalue weighted by molar-refractivity contribution is 6.29. The quantitative estimate of drug-likeness (QED) is 0.468. The van der Waals surface area contributed by atoms with Crippen molar-refractivity contribution < 1.29 is 8.78 Å². The van der Waals surface area contributed by atoms with E-state index < -0.39 is 11.6 Å². The van der Waals surface area contributed by atoms with Crippen molar-refractivity contribution >= 4 is 11.6 Å². The zero-order chi connectivity index (χ0) is 20.1. The fraction of sp³-hybridized carbons (Fsp3) is 0.360. The number of benzene rings is 2. The van der Waals surface area contributed by atoms with Crippen LogP contribution < -0.4 is 0 Å². The first-order valence-electron chi connectivity index (χ1n) is 9.92. The molecule has 3 rings (SSSR count). The molecule has 0 unspecified atom stereocenters. The highest BCUT2D eigenvalue weighted by atomic mass is 35.5. The van der Waals surface area contributed by atoms with E-state index in [1.807, 2.05) is 24.3 Å². The Morgan fingerprint density at radius 1 is 1.04 bits per heavy atom. The predicted molar refractivity (Wildman–Crippen MR) is 113 cm³/mol. The molecule has 0 spiro atoms. The summed E-state index contributed by atoms with van der Waals surface area (Å²) in [5.41, 5.74) is 2.42. The fourth-order valence-corrected chi connectivity index (χ4v) is 3.96. The second-order valence-corrected chi connectivity index (χ2v) is 8.01. The first-order valence-corrected chi connectivity index (χ1v) is 10.3. The number of hydrogen-bond donors (Lipinski definition) is 0. The van der Waals surface area contributed by atoms with Crippen LogP contribution in [0.5, 0.6) is 0 Å². The van der Waals surface area contributed by atoms with E-state index in [0.29, 0.717) is 16.5 Å². The second kappa shape index (κ2) is 9.39. The van der Waals surface area contributed by atoms with Crippen LogP contribution in [0.25, 0.3) is 11.1 Å². The van der Waals surface area contributed by atoms with Gasteiger partial charge in [0, 0.05) is 11.0 Å². The SMILES string of the molecule is C=C(Cl)C1CCC(C#Cc2c(F)cc(-c3ccc(CCC)cc3)cc2F)CC1. The van der Waals surface area contributed by atoms with Gasteiger partial charge in [-0.25, -0.2) is 8.78 Å². The van der Waals surface area contributed by atoms with Gasteiger partial charge in [0.15, 0.2) is 0 Å². The molecule has 2 aromatic carbocycles. The van der Waals surface area contributed by atoms with Gasteiger partial charge in [0.25, 0.3) is 0 Å². The van der Waals surface area contributed by atoms with Crippen LogP contribution in [0.4, 0.5) is 8.78 Å². The molecule has 0 radical (unpaired) electrons. The van der Waals surface area contributed by atoms with E-state index in [-0.39, 0.29) is 11.5 Å². The summed E-state index contributed by atoms with van der Waals surface area (Å²) < 4.78 is 29.1. The van der Waals surface area contributed by atoms with Gasteiger partial charge in [-0.15, -0.1) is 0 Å². The molecule has 0 saturated heterocycles. The van der Waals surface area contributed by atoms with Crippen molar-refractivity contribution in [1.29, 1.82) is 0 Å². The Kier molecular flexibility index (Phi) is 6.92. The molecule has 2 aromatic rings. The van der Waals surface area contributed by atoms with Crippen LogP contribution in [0.15, 0.2) is 48.0 Å². The van der Waals surface area contributed by atoms with E-state index >= 15 is 0 Å². The van der Waals surface area contributed by atoms with Gasteiger partial charge in [-0.3, -0.25) is 0 Å². The van der Waals surface area contributed by atoms with Gasteiger partial charge in [0.1, 0.15) is 11.6 Å². The Hall–Kier alpha value is -2.11. The maximum atomic E-state index is 14.5. The molecule has 0 aromatic heterocycles. The smallest absolute Gasteiger partial charge is 0.142 e. The minimum absolute atomic E-state index is 0.143. The van der Waals surface area contributed by atoms with Crippen molar-refractivity contribution in [2.24, 2.45) is 11.8 Å². The van der Waals surface area contributed by atoms with Gasteiger partial charge in [-0.1, -0.05) is 67.6 Å². The summed E-state index contributed by atoms with van der Waals surface area (Å²) >= 11 is 5.98. The number of hydrogen-bond acceptors (Lipinski definition) is 0. The van der Waals surface area contributed by atoms with Crippen LogP contribution >= 0.6 is 11.6 Å². The normalized spacial score (nSPS) is 19.0. The molecule has 1 saturated carbocycles. The third-order valence-corrected chi connectivity index (χ3v) is 5.75. The first kappa shape index (κ1) is 20.6. The predicted octanol–water partition coefficient (Wildman–Crippen LogP) is 7.49. The number of rotatable bonds is 4. The molecule has 0 amide bonds. The summed E-state index contributed by atoms with van der Waals surface area (Å²) in [6.45, 7) is 5.92. The molecule has 0 aliphatic heterocycles. The maximum Gasteiger partial charge on any atom is 0.142 e. The summed E-state index contributed by atoms with van der Waals surface area (Å²) in [6.07, 6.45) is 5.69. The lowest BCUT2D eigenvalue weighted by Gasteiger charge is -2.24. The van der Waals surface area contributed by atoms with Gasteiger partial charge in [-0.05, 0) is 66.8 Å². The Balaban J connectivity index is 1.75. The van der Waals surface area contributed by atoms with Gasteiger partial charge >= 0.3 is 0 Å². The minimum Gasteiger partial charge on any atom is -0.205 e. The van der Waals surface area contributed by atoms with Crippen molar-refractivity contribution in [2.45, 2.75) is 45.4 Å². The second-order valence-electron chi connectivity index (χ2n) is 7.53. The average Bonchev–Trinajstić information content (AvgIpc) is 2.68. The highest BCUT2D eigenvalue weighted by Gasteiger charge is 2.21. The van der Waals surface area contributed by atoms with E-state index in [9.17, 15) is 8.78 Å². The van der Waals surface area contributed by atoms with Crippen molar-refractivity contribution in [3.8, 4) is 23.0 Å². The molecular formula is C25H25ClF2. The third kappa shape index (κ3) is 5.03. The lowest BCUT2D eigenvalue weighted by molar-refractivity contribution is 0.361. The molecule has 1 fully saturated rings.